The zero-order chi connectivity index (χ0) is 17.2. The molecule has 5 heteroatoms. The second kappa shape index (κ2) is 6.61. The highest BCUT2D eigenvalue weighted by Crippen LogP contribution is 2.34. The summed E-state index contributed by atoms with van der Waals surface area (Å²) in [6.07, 6.45) is 0. The fraction of sp³-hybridized carbons (Fsp3) is 0.0500. The number of hydrogen-bond acceptors (Lipinski definition) is 3. The molecule has 0 unspecified atom stereocenters. The standard InChI is InChI=1S/C20H15FN2OS/c1-24-17-9-5-8-15(12-17)16-10-11-19-18(13-16)20(22-23(19)25-21)14-6-3-2-4-7-14/h2-13H,1H3. The van der Waals surface area contributed by atoms with Gasteiger partial charge in [-0.25, -0.2) is 0 Å². The average molecular weight is 350 g/mol. The Bertz CT molecular complexity index is 1030. The third-order valence-corrected chi connectivity index (χ3v) is 4.57. The van der Waals surface area contributed by atoms with Crippen LogP contribution in [0.5, 0.6) is 5.75 Å². The van der Waals surface area contributed by atoms with Crippen LogP contribution in [0.4, 0.5) is 3.89 Å². The van der Waals surface area contributed by atoms with Gasteiger partial charge in [0.1, 0.15) is 11.4 Å². The Morgan fingerprint density at radius 3 is 2.40 bits per heavy atom. The highest BCUT2D eigenvalue weighted by Gasteiger charge is 2.14. The third kappa shape index (κ3) is 2.87. The number of rotatable bonds is 4. The van der Waals surface area contributed by atoms with Crippen LogP contribution in [0.25, 0.3) is 33.3 Å². The van der Waals surface area contributed by atoms with Crippen molar-refractivity contribution in [1.29, 1.82) is 0 Å². The van der Waals surface area contributed by atoms with Gasteiger partial charge in [-0.2, -0.15) is 9.19 Å². The molecule has 0 saturated heterocycles. The van der Waals surface area contributed by atoms with Crippen LogP contribution in [0.2, 0.25) is 0 Å². The molecule has 124 valence electrons. The van der Waals surface area contributed by atoms with Crippen molar-refractivity contribution in [2.45, 2.75) is 0 Å². The molecule has 0 N–H and O–H groups in total. The lowest BCUT2D eigenvalue weighted by molar-refractivity contribution is 0.415. The van der Waals surface area contributed by atoms with E-state index in [4.69, 9.17) is 4.74 Å². The van der Waals surface area contributed by atoms with Crippen molar-refractivity contribution >= 4 is 23.2 Å². The van der Waals surface area contributed by atoms with Crippen LogP contribution in [0.3, 0.4) is 0 Å². The molecule has 0 radical (unpaired) electrons. The zero-order valence-electron chi connectivity index (χ0n) is 13.5. The van der Waals surface area contributed by atoms with Crippen molar-refractivity contribution in [3.63, 3.8) is 0 Å². The first-order valence-electron chi connectivity index (χ1n) is 7.82. The van der Waals surface area contributed by atoms with Gasteiger partial charge in [0.25, 0.3) is 0 Å². The minimum Gasteiger partial charge on any atom is -0.497 e. The van der Waals surface area contributed by atoms with Crippen molar-refractivity contribution in [3.8, 4) is 28.1 Å². The van der Waals surface area contributed by atoms with E-state index in [0.29, 0.717) is 0 Å². The number of benzene rings is 3. The maximum atomic E-state index is 13.3. The summed E-state index contributed by atoms with van der Waals surface area (Å²) in [5.74, 6) is 0.802. The molecule has 0 saturated carbocycles. The lowest BCUT2D eigenvalue weighted by atomic mass is 10.0. The van der Waals surface area contributed by atoms with Crippen molar-refractivity contribution in [3.05, 3.63) is 72.8 Å². The van der Waals surface area contributed by atoms with E-state index in [1.165, 1.54) is 4.09 Å². The monoisotopic (exact) mass is 350 g/mol. The highest BCUT2D eigenvalue weighted by atomic mass is 32.2. The SMILES string of the molecule is COc1cccc(-c2ccc3c(c2)c(-c2ccccc2)nn3SF)c1. The maximum Gasteiger partial charge on any atom is 0.188 e. The second-order valence-corrected chi connectivity index (χ2v) is 6.10. The minimum absolute atomic E-state index is 0.107. The lowest BCUT2D eigenvalue weighted by Gasteiger charge is -2.06. The van der Waals surface area contributed by atoms with Crippen LogP contribution in [0.1, 0.15) is 0 Å². The highest BCUT2D eigenvalue weighted by molar-refractivity contribution is 7.92. The summed E-state index contributed by atoms with van der Waals surface area (Å²) in [5.41, 5.74) is 4.56. The van der Waals surface area contributed by atoms with Gasteiger partial charge >= 0.3 is 0 Å². The molecule has 0 spiro atoms. The Balaban J connectivity index is 1.92. The third-order valence-electron chi connectivity index (χ3n) is 4.16. The van der Waals surface area contributed by atoms with E-state index >= 15 is 0 Å². The molecule has 4 aromatic rings. The summed E-state index contributed by atoms with van der Waals surface area (Å²) in [6, 6.07) is 23.6. The first-order chi connectivity index (χ1) is 12.3. The van der Waals surface area contributed by atoms with E-state index in [1.807, 2.05) is 72.8 Å². The molecule has 0 aliphatic heterocycles. The van der Waals surface area contributed by atoms with Gasteiger partial charge in [-0.15, -0.1) is 3.89 Å². The Hall–Kier alpha value is -2.79. The molecule has 1 aromatic heterocycles. The normalized spacial score (nSPS) is 11.0. The Morgan fingerprint density at radius 1 is 0.880 bits per heavy atom. The number of fused-ring (bicyclic) bond motifs is 1. The van der Waals surface area contributed by atoms with Gasteiger partial charge in [-0.1, -0.05) is 48.5 Å². The largest absolute Gasteiger partial charge is 0.497 e. The van der Waals surface area contributed by atoms with Crippen LogP contribution in [-0.4, -0.2) is 16.3 Å². The summed E-state index contributed by atoms with van der Waals surface area (Å²) >= 11 is 0.107. The van der Waals surface area contributed by atoms with Gasteiger partial charge in [-0.3, -0.25) is 0 Å². The van der Waals surface area contributed by atoms with E-state index in [1.54, 1.807) is 7.11 Å². The Labute approximate surface area is 149 Å². The van der Waals surface area contributed by atoms with Crippen molar-refractivity contribution in [1.82, 2.24) is 9.19 Å². The summed E-state index contributed by atoms with van der Waals surface area (Å²) < 4.78 is 19.9. The molecule has 0 aliphatic carbocycles. The van der Waals surface area contributed by atoms with Crippen molar-refractivity contribution in [2.75, 3.05) is 7.11 Å². The Morgan fingerprint density at radius 2 is 1.64 bits per heavy atom. The molecule has 0 atom stereocenters. The van der Waals surface area contributed by atoms with Gasteiger partial charge in [0, 0.05) is 10.9 Å². The minimum atomic E-state index is 0.107. The van der Waals surface area contributed by atoms with Gasteiger partial charge < -0.3 is 4.74 Å². The molecule has 1 heterocycles. The van der Waals surface area contributed by atoms with Gasteiger partial charge in [0.15, 0.2) is 12.3 Å². The van der Waals surface area contributed by atoms with Crippen LogP contribution in [0, 0.1) is 0 Å². The van der Waals surface area contributed by atoms with E-state index in [-0.39, 0.29) is 12.3 Å². The van der Waals surface area contributed by atoms with Gasteiger partial charge in [0.05, 0.1) is 12.6 Å². The molecule has 3 aromatic carbocycles. The maximum absolute atomic E-state index is 13.3. The molecule has 0 fully saturated rings. The number of aromatic nitrogens is 2. The molecule has 3 nitrogen and oxygen atoms in total. The lowest BCUT2D eigenvalue weighted by Crippen LogP contribution is -1.86. The number of methoxy groups -OCH3 is 1. The first-order valence-corrected chi connectivity index (χ1v) is 8.49. The predicted octanol–water partition coefficient (Wildman–Crippen LogP) is 5.76. The summed E-state index contributed by atoms with van der Waals surface area (Å²) in [7, 11) is 1.65. The summed E-state index contributed by atoms with van der Waals surface area (Å²) in [6.45, 7) is 0. The van der Waals surface area contributed by atoms with Crippen LogP contribution < -0.4 is 4.74 Å². The second-order valence-electron chi connectivity index (χ2n) is 5.62. The fourth-order valence-electron chi connectivity index (χ4n) is 2.94. The Kier molecular flexibility index (Phi) is 4.15. The summed E-state index contributed by atoms with van der Waals surface area (Å²) in [5, 5.41) is 5.34. The molecule has 0 aliphatic rings. The first kappa shape index (κ1) is 15.7. The van der Waals surface area contributed by atoms with E-state index in [9.17, 15) is 3.89 Å². The molecule has 4 rings (SSSR count). The quantitative estimate of drug-likeness (QED) is 0.468. The van der Waals surface area contributed by atoms with Crippen molar-refractivity contribution < 1.29 is 8.62 Å². The molecule has 0 amide bonds. The van der Waals surface area contributed by atoms with Crippen molar-refractivity contribution in [2.24, 2.45) is 0 Å². The number of ether oxygens (including phenoxy) is 1. The van der Waals surface area contributed by atoms with Crippen LogP contribution in [-0.2, 0) is 0 Å². The van der Waals surface area contributed by atoms with Crippen LogP contribution in [0.15, 0.2) is 72.8 Å². The van der Waals surface area contributed by atoms with E-state index in [0.717, 1.165) is 39.0 Å². The zero-order valence-corrected chi connectivity index (χ0v) is 14.3. The van der Waals surface area contributed by atoms with Gasteiger partial charge in [0.2, 0.25) is 0 Å². The molecular formula is C20H15FN2OS. The predicted molar refractivity (Wildman–Crippen MR) is 101 cm³/mol. The average Bonchev–Trinajstić information content (AvgIpc) is 3.06. The molecule has 25 heavy (non-hydrogen) atoms. The van der Waals surface area contributed by atoms with E-state index in [2.05, 4.69) is 5.10 Å². The fourth-order valence-corrected chi connectivity index (χ4v) is 3.28. The number of nitrogens with zero attached hydrogens (tertiary/aromatic N) is 2. The smallest absolute Gasteiger partial charge is 0.188 e. The number of hydrogen-bond donors (Lipinski definition) is 0. The molecular weight excluding hydrogens is 335 g/mol. The van der Waals surface area contributed by atoms with E-state index < -0.39 is 0 Å². The topological polar surface area (TPSA) is 27.1 Å². The molecule has 0 bridgehead atoms. The van der Waals surface area contributed by atoms with Crippen LogP contribution >= 0.6 is 12.3 Å². The van der Waals surface area contributed by atoms with Gasteiger partial charge in [-0.05, 0) is 35.4 Å². The summed E-state index contributed by atoms with van der Waals surface area (Å²) in [4.78, 5) is 0. The number of halogens is 1.